The van der Waals surface area contributed by atoms with E-state index < -0.39 is 0 Å². The van der Waals surface area contributed by atoms with Gasteiger partial charge in [0.05, 0.1) is 0 Å². The van der Waals surface area contributed by atoms with Crippen molar-refractivity contribution in [3.8, 4) is 11.8 Å². The van der Waals surface area contributed by atoms with Crippen molar-refractivity contribution in [1.82, 2.24) is 0 Å². The van der Waals surface area contributed by atoms with Gasteiger partial charge in [-0.05, 0) is 19.1 Å². The van der Waals surface area contributed by atoms with Gasteiger partial charge in [-0.2, -0.15) is 0 Å². The van der Waals surface area contributed by atoms with Gasteiger partial charge in [0.2, 0.25) is 0 Å². The van der Waals surface area contributed by atoms with Crippen molar-refractivity contribution in [2.75, 3.05) is 6.61 Å². The van der Waals surface area contributed by atoms with E-state index in [4.69, 9.17) is 4.74 Å². The van der Waals surface area contributed by atoms with Crippen molar-refractivity contribution >= 4 is 0 Å². The Hall–Kier alpha value is -1.26. The maximum Gasteiger partial charge on any atom is 0.155 e. The Labute approximate surface area is 73.4 Å². The standard InChI is InChI=1S/C11H11O/c1-2-12-10-6-9-11-7-4-3-5-8-11/h3-5,7-8,10H,2H2,1H3. The molecule has 1 heteroatoms. The molecule has 0 atom stereocenters. The van der Waals surface area contributed by atoms with Crippen LogP contribution in [0.15, 0.2) is 30.3 Å². The zero-order valence-electron chi connectivity index (χ0n) is 7.08. The number of ether oxygens (including phenoxy) is 1. The highest BCUT2D eigenvalue weighted by atomic mass is 16.5. The molecule has 0 aromatic heterocycles. The van der Waals surface area contributed by atoms with Crippen LogP contribution in [0.4, 0.5) is 0 Å². The van der Waals surface area contributed by atoms with Gasteiger partial charge in [0.1, 0.15) is 0 Å². The predicted molar refractivity (Wildman–Crippen MR) is 49.2 cm³/mol. The SMILES string of the molecule is CCO[CH]C#Cc1ccccc1. The van der Waals surface area contributed by atoms with Gasteiger partial charge in [-0.15, -0.1) is 0 Å². The van der Waals surface area contributed by atoms with E-state index in [-0.39, 0.29) is 0 Å². The predicted octanol–water partition coefficient (Wildman–Crippen LogP) is 2.24. The van der Waals surface area contributed by atoms with E-state index in [0.29, 0.717) is 6.61 Å². The van der Waals surface area contributed by atoms with Crippen LogP contribution in [-0.4, -0.2) is 6.61 Å². The molecule has 0 aliphatic heterocycles. The van der Waals surface area contributed by atoms with E-state index in [1.165, 1.54) is 6.61 Å². The van der Waals surface area contributed by atoms with E-state index in [9.17, 15) is 0 Å². The average Bonchev–Trinajstić information content (AvgIpc) is 2.14. The van der Waals surface area contributed by atoms with Gasteiger partial charge >= 0.3 is 0 Å². The van der Waals surface area contributed by atoms with Gasteiger partial charge in [-0.1, -0.05) is 30.0 Å². The molecule has 1 radical (unpaired) electrons. The van der Waals surface area contributed by atoms with Gasteiger partial charge < -0.3 is 4.74 Å². The van der Waals surface area contributed by atoms with Crippen LogP contribution in [0.1, 0.15) is 12.5 Å². The summed E-state index contributed by atoms with van der Waals surface area (Å²) in [5.41, 5.74) is 1.01. The Morgan fingerprint density at radius 1 is 1.33 bits per heavy atom. The van der Waals surface area contributed by atoms with Crippen molar-refractivity contribution < 1.29 is 4.74 Å². The summed E-state index contributed by atoms with van der Waals surface area (Å²) in [4.78, 5) is 0. The number of hydrogen-bond donors (Lipinski definition) is 0. The zero-order valence-corrected chi connectivity index (χ0v) is 7.08. The number of benzene rings is 1. The number of hydrogen-bond acceptors (Lipinski definition) is 1. The highest BCUT2D eigenvalue weighted by Gasteiger charge is 1.80. The first-order valence-electron chi connectivity index (χ1n) is 3.93. The van der Waals surface area contributed by atoms with Gasteiger partial charge in [0, 0.05) is 12.2 Å². The van der Waals surface area contributed by atoms with Crippen molar-refractivity contribution in [2.45, 2.75) is 6.92 Å². The summed E-state index contributed by atoms with van der Waals surface area (Å²) in [7, 11) is 0. The number of rotatable bonds is 2. The summed E-state index contributed by atoms with van der Waals surface area (Å²) in [6.07, 6.45) is 0. The highest BCUT2D eigenvalue weighted by molar-refractivity contribution is 5.34. The van der Waals surface area contributed by atoms with Crippen LogP contribution in [0.3, 0.4) is 0 Å². The molecule has 61 valence electrons. The summed E-state index contributed by atoms with van der Waals surface area (Å²) >= 11 is 0. The third kappa shape index (κ3) is 3.23. The fourth-order valence-electron chi connectivity index (χ4n) is 0.759. The molecule has 0 saturated heterocycles. The van der Waals surface area contributed by atoms with Gasteiger partial charge in [-0.25, -0.2) is 0 Å². The third-order valence-electron chi connectivity index (χ3n) is 1.30. The third-order valence-corrected chi connectivity index (χ3v) is 1.30. The Balaban J connectivity index is 2.44. The van der Waals surface area contributed by atoms with E-state index in [1.807, 2.05) is 37.3 Å². The molecule has 0 N–H and O–H groups in total. The molecule has 12 heavy (non-hydrogen) atoms. The van der Waals surface area contributed by atoms with Gasteiger partial charge in [-0.3, -0.25) is 0 Å². The first-order chi connectivity index (χ1) is 5.93. The normalized spacial score (nSPS) is 8.75. The first-order valence-corrected chi connectivity index (χ1v) is 3.93. The second-order valence-corrected chi connectivity index (χ2v) is 2.21. The van der Waals surface area contributed by atoms with Crippen LogP contribution in [0.25, 0.3) is 0 Å². The van der Waals surface area contributed by atoms with E-state index in [1.54, 1.807) is 0 Å². The second kappa shape index (κ2) is 5.40. The minimum atomic E-state index is 0.670. The van der Waals surface area contributed by atoms with Crippen molar-refractivity contribution in [1.29, 1.82) is 0 Å². The van der Waals surface area contributed by atoms with E-state index in [2.05, 4.69) is 11.8 Å². The van der Waals surface area contributed by atoms with Crippen LogP contribution in [-0.2, 0) is 4.74 Å². The Morgan fingerprint density at radius 2 is 2.08 bits per heavy atom. The molecule has 0 fully saturated rings. The molecule has 0 aliphatic carbocycles. The van der Waals surface area contributed by atoms with Gasteiger partial charge in [0.15, 0.2) is 6.61 Å². The Morgan fingerprint density at radius 3 is 2.75 bits per heavy atom. The first kappa shape index (κ1) is 8.83. The molecule has 1 rings (SSSR count). The Kier molecular flexibility index (Phi) is 3.97. The van der Waals surface area contributed by atoms with Crippen LogP contribution in [0, 0.1) is 18.4 Å². The summed E-state index contributed by atoms with van der Waals surface area (Å²) in [5, 5.41) is 0. The van der Waals surface area contributed by atoms with Crippen LogP contribution in [0.2, 0.25) is 0 Å². The summed E-state index contributed by atoms with van der Waals surface area (Å²) in [6, 6.07) is 9.83. The average molecular weight is 159 g/mol. The monoisotopic (exact) mass is 159 g/mol. The lowest BCUT2D eigenvalue weighted by Gasteiger charge is -1.88. The molecule has 0 heterocycles. The molecule has 1 aromatic carbocycles. The van der Waals surface area contributed by atoms with Crippen molar-refractivity contribution in [3.05, 3.63) is 42.5 Å². The summed E-state index contributed by atoms with van der Waals surface area (Å²) in [6.45, 7) is 4.12. The van der Waals surface area contributed by atoms with Crippen molar-refractivity contribution in [2.24, 2.45) is 0 Å². The van der Waals surface area contributed by atoms with Crippen LogP contribution < -0.4 is 0 Å². The van der Waals surface area contributed by atoms with E-state index in [0.717, 1.165) is 5.56 Å². The van der Waals surface area contributed by atoms with E-state index >= 15 is 0 Å². The van der Waals surface area contributed by atoms with Crippen LogP contribution >= 0.6 is 0 Å². The lowest BCUT2D eigenvalue weighted by atomic mass is 10.2. The Bertz CT molecular complexity index is 266. The molecule has 0 bridgehead atoms. The largest absolute Gasteiger partial charge is 0.362 e. The minimum absolute atomic E-state index is 0.670. The molecule has 0 amide bonds. The maximum absolute atomic E-state index is 4.96. The quantitative estimate of drug-likeness (QED) is 0.475. The smallest absolute Gasteiger partial charge is 0.155 e. The molecular weight excluding hydrogens is 148 g/mol. The molecular formula is C11H11O. The topological polar surface area (TPSA) is 9.23 Å². The molecule has 1 aromatic rings. The fraction of sp³-hybridized carbons (Fsp3) is 0.182. The molecule has 1 nitrogen and oxygen atoms in total. The molecule has 0 aliphatic rings. The zero-order chi connectivity index (χ0) is 8.65. The highest BCUT2D eigenvalue weighted by Crippen LogP contribution is 1.94. The lowest BCUT2D eigenvalue weighted by molar-refractivity contribution is 0.237. The minimum Gasteiger partial charge on any atom is -0.362 e. The maximum atomic E-state index is 4.96. The summed E-state index contributed by atoms with van der Waals surface area (Å²) < 4.78 is 4.96. The second-order valence-electron chi connectivity index (χ2n) is 2.21. The van der Waals surface area contributed by atoms with Crippen LogP contribution in [0.5, 0.6) is 0 Å². The summed E-state index contributed by atoms with van der Waals surface area (Å²) in [5.74, 6) is 5.75. The fourth-order valence-corrected chi connectivity index (χ4v) is 0.759. The van der Waals surface area contributed by atoms with Gasteiger partial charge in [0.25, 0.3) is 0 Å². The molecule has 0 saturated carbocycles. The van der Waals surface area contributed by atoms with Crippen molar-refractivity contribution in [3.63, 3.8) is 0 Å². The lowest BCUT2D eigenvalue weighted by Crippen LogP contribution is -1.81. The molecule has 0 spiro atoms. The molecule has 0 unspecified atom stereocenters.